The van der Waals surface area contributed by atoms with Crippen LogP contribution in [0.5, 0.6) is 0 Å². The van der Waals surface area contributed by atoms with Crippen LogP contribution < -0.4 is 5.32 Å². The van der Waals surface area contributed by atoms with Crippen LogP contribution >= 0.6 is 0 Å². The summed E-state index contributed by atoms with van der Waals surface area (Å²) >= 11 is 0. The Bertz CT molecular complexity index is 339. The number of carbonyl (C=O) groups is 2. The third kappa shape index (κ3) is 7.32. The molecule has 122 valence electrons. The van der Waals surface area contributed by atoms with Crippen LogP contribution in [0.1, 0.15) is 39.0 Å². The molecule has 0 spiro atoms. The fraction of sp³-hybridized carbons (Fsp3) is 0.867. The number of hydrogen-bond acceptors (Lipinski definition) is 3. The van der Waals surface area contributed by atoms with Crippen LogP contribution in [0.2, 0.25) is 0 Å². The Morgan fingerprint density at radius 3 is 2.48 bits per heavy atom. The molecule has 21 heavy (non-hydrogen) atoms. The van der Waals surface area contributed by atoms with E-state index >= 15 is 0 Å². The highest BCUT2D eigenvalue weighted by Gasteiger charge is 2.23. The number of hydrogen-bond donors (Lipinski definition) is 2. The van der Waals surface area contributed by atoms with Crippen LogP contribution in [0.25, 0.3) is 0 Å². The average Bonchev–Trinajstić information content (AvgIpc) is 2.43. The highest BCUT2D eigenvalue weighted by molar-refractivity contribution is 5.74. The topological polar surface area (TPSA) is 72.9 Å². The zero-order valence-electron chi connectivity index (χ0n) is 13.5. The number of carboxylic acid groups (broad SMARTS) is 1. The Morgan fingerprint density at radius 1 is 1.33 bits per heavy atom. The molecule has 6 heteroatoms. The van der Waals surface area contributed by atoms with Crippen LogP contribution in [0.4, 0.5) is 4.79 Å². The van der Waals surface area contributed by atoms with E-state index in [1.807, 2.05) is 25.9 Å². The third-order valence-electron chi connectivity index (χ3n) is 4.05. The normalized spacial score (nSPS) is 17.8. The fourth-order valence-electron chi connectivity index (χ4n) is 2.58. The summed E-state index contributed by atoms with van der Waals surface area (Å²) in [6, 6.07) is 0.183. The van der Waals surface area contributed by atoms with Gasteiger partial charge in [0, 0.05) is 25.6 Å². The van der Waals surface area contributed by atoms with Gasteiger partial charge in [0.05, 0.1) is 0 Å². The Balaban J connectivity index is 2.23. The molecule has 0 aromatic carbocycles. The van der Waals surface area contributed by atoms with E-state index in [0.717, 1.165) is 45.3 Å². The maximum Gasteiger partial charge on any atom is 0.317 e. The predicted octanol–water partition coefficient (Wildman–Crippen LogP) is 1.61. The number of carboxylic acids is 1. The lowest BCUT2D eigenvalue weighted by molar-refractivity contribution is -0.137. The molecular weight excluding hydrogens is 270 g/mol. The first-order valence-corrected chi connectivity index (χ1v) is 7.80. The van der Waals surface area contributed by atoms with Crippen molar-refractivity contribution in [2.24, 2.45) is 5.92 Å². The molecule has 0 bridgehead atoms. The lowest BCUT2D eigenvalue weighted by atomic mass is 9.92. The van der Waals surface area contributed by atoms with Gasteiger partial charge in [0.15, 0.2) is 0 Å². The van der Waals surface area contributed by atoms with Crippen molar-refractivity contribution in [3.05, 3.63) is 0 Å². The molecule has 1 unspecified atom stereocenters. The van der Waals surface area contributed by atoms with Gasteiger partial charge in [0.1, 0.15) is 0 Å². The fourth-order valence-corrected chi connectivity index (χ4v) is 2.58. The molecule has 1 rings (SSSR count). The predicted molar refractivity (Wildman–Crippen MR) is 82.3 cm³/mol. The minimum atomic E-state index is -0.732. The molecule has 0 radical (unpaired) electrons. The van der Waals surface area contributed by atoms with Crippen LogP contribution in [0.15, 0.2) is 0 Å². The monoisotopic (exact) mass is 299 g/mol. The highest BCUT2D eigenvalue weighted by Crippen LogP contribution is 2.21. The lowest BCUT2D eigenvalue weighted by Crippen LogP contribution is -2.47. The zero-order chi connectivity index (χ0) is 15.8. The van der Waals surface area contributed by atoms with Crippen LogP contribution in [-0.4, -0.2) is 66.7 Å². The van der Waals surface area contributed by atoms with Gasteiger partial charge >= 0.3 is 12.0 Å². The van der Waals surface area contributed by atoms with Crippen molar-refractivity contribution >= 4 is 12.0 Å². The second-order valence-electron chi connectivity index (χ2n) is 6.31. The molecule has 0 saturated carbocycles. The number of aliphatic carboxylic acids is 1. The molecule has 1 aliphatic rings. The molecule has 1 atom stereocenters. The first kappa shape index (κ1) is 17.8. The lowest BCUT2D eigenvalue weighted by Gasteiger charge is -2.32. The number of urea groups is 1. The van der Waals surface area contributed by atoms with Crippen molar-refractivity contribution < 1.29 is 14.7 Å². The summed E-state index contributed by atoms with van der Waals surface area (Å²) in [4.78, 5) is 26.7. The summed E-state index contributed by atoms with van der Waals surface area (Å²) < 4.78 is 0. The quantitative estimate of drug-likeness (QED) is 0.749. The Kier molecular flexibility index (Phi) is 7.50. The van der Waals surface area contributed by atoms with Gasteiger partial charge in [0.25, 0.3) is 0 Å². The molecule has 1 fully saturated rings. The number of piperidine rings is 1. The standard InChI is InChI=1S/C15H29N3O3/c1-12(6-9-17(2)3)16-15(21)18-10-7-13(8-11-18)4-5-14(19)20/h12-13H,4-11H2,1-3H3,(H,16,21)(H,19,20). The summed E-state index contributed by atoms with van der Waals surface area (Å²) in [6.45, 7) is 4.45. The summed E-state index contributed by atoms with van der Waals surface area (Å²) in [7, 11) is 4.05. The van der Waals surface area contributed by atoms with Gasteiger partial charge in [0.2, 0.25) is 0 Å². The largest absolute Gasteiger partial charge is 0.481 e. The molecular formula is C15H29N3O3. The van der Waals surface area contributed by atoms with E-state index in [1.54, 1.807) is 0 Å². The summed E-state index contributed by atoms with van der Waals surface area (Å²) in [5.41, 5.74) is 0. The van der Waals surface area contributed by atoms with Crippen molar-refractivity contribution in [2.45, 2.75) is 45.1 Å². The maximum atomic E-state index is 12.1. The Labute approximate surface area is 127 Å². The van der Waals surface area contributed by atoms with E-state index in [1.165, 1.54) is 0 Å². The molecule has 1 heterocycles. The second kappa shape index (κ2) is 8.87. The second-order valence-corrected chi connectivity index (χ2v) is 6.31. The maximum absolute atomic E-state index is 12.1. The molecule has 2 N–H and O–H groups in total. The minimum Gasteiger partial charge on any atom is -0.481 e. The molecule has 1 aliphatic heterocycles. The van der Waals surface area contributed by atoms with E-state index < -0.39 is 5.97 Å². The van der Waals surface area contributed by atoms with E-state index in [2.05, 4.69) is 10.2 Å². The van der Waals surface area contributed by atoms with E-state index in [0.29, 0.717) is 5.92 Å². The van der Waals surface area contributed by atoms with Crippen LogP contribution in [-0.2, 0) is 4.79 Å². The summed E-state index contributed by atoms with van der Waals surface area (Å²) in [5.74, 6) is -0.291. The van der Waals surface area contributed by atoms with E-state index in [4.69, 9.17) is 5.11 Å². The van der Waals surface area contributed by atoms with Crippen molar-refractivity contribution in [1.29, 1.82) is 0 Å². The molecule has 0 aromatic heterocycles. The number of likely N-dealkylation sites (tertiary alicyclic amines) is 1. The molecule has 0 aromatic rings. The highest BCUT2D eigenvalue weighted by atomic mass is 16.4. The van der Waals surface area contributed by atoms with Crippen LogP contribution in [0, 0.1) is 5.92 Å². The first-order valence-electron chi connectivity index (χ1n) is 7.80. The number of nitrogens with zero attached hydrogens (tertiary/aromatic N) is 2. The van der Waals surface area contributed by atoms with Gasteiger partial charge in [-0.15, -0.1) is 0 Å². The molecule has 6 nitrogen and oxygen atoms in total. The summed E-state index contributed by atoms with van der Waals surface area (Å²) in [5, 5.41) is 11.7. The van der Waals surface area contributed by atoms with E-state index in [-0.39, 0.29) is 18.5 Å². The number of carbonyl (C=O) groups excluding carboxylic acids is 1. The molecule has 1 saturated heterocycles. The van der Waals surface area contributed by atoms with Gasteiger partial charge in [-0.3, -0.25) is 4.79 Å². The van der Waals surface area contributed by atoms with Crippen molar-refractivity contribution in [1.82, 2.24) is 15.1 Å². The van der Waals surface area contributed by atoms with Gasteiger partial charge in [-0.2, -0.15) is 0 Å². The minimum absolute atomic E-state index is 0.0120. The van der Waals surface area contributed by atoms with Crippen molar-refractivity contribution in [2.75, 3.05) is 33.7 Å². The average molecular weight is 299 g/mol. The van der Waals surface area contributed by atoms with Crippen molar-refractivity contribution in [3.63, 3.8) is 0 Å². The SMILES string of the molecule is CC(CCN(C)C)NC(=O)N1CCC(CCC(=O)O)CC1. The Hall–Kier alpha value is -1.30. The zero-order valence-corrected chi connectivity index (χ0v) is 13.5. The van der Waals surface area contributed by atoms with Gasteiger partial charge in [-0.25, -0.2) is 4.79 Å². The number of nitrogens with one attached hydrogen (secondary N) is 1. The van der Waals surface area contributed by atoms with Crippen molar-refractivity contribution in [3.8, 4) is 0 Å². The Morgan fingerprint density at radius 2 is 1.95 bits per heavy atom. The number of rotatable bonds is 7. The van der Waals surface area contributed by atoms with Gasteiger partial charge in [-0.1, -0.05) is 0 Å². The van der Waals surface area contributed by atoms with Crippen LogP contribution in [0.3, 0.4) is 0 Å². The molecule has 2 amide bonds. The summed E-state index contributed by atoms with van der Waals surface area (Å²) in [6.07, 6.45) is 3.72. The molecule has 0 aliphatic carbocycles. The number of amides is 2. The van der Waals surface area contributed by atoms with Gasteiger partial charge in [-0.05, 0) is 59.2 Å². The smallest absolute Gasteiger partial charge is 0.317 e. The first-order chi connectivity index (χ1) is 9.88. The van der Waals surface area contributed by atoms with Gasteiger partial charge < -0.3 is 20.2 Å². The van der Waals surface area contributed by atoms with E-state index in [9.17, 15) is 9.59 Å². The third-order valence-corrected chi connectivity index (χ3v) is 4.05.